The van der Waals surface area contributed by atoms with E-state index in [1.165, 1.54) is 18.1 Å². The Morgan fingerprint density at radius 3 is 2.44 bits per heavy atom. The number of carbonyl (C=O) groups excluding carboxylic acids is 2. The second-order valence-electron chi connectivity index (χ2n) is 10.6. The Labute approximate surface area is 206 Å². The molecule has 2 aliphatic heterocycles. The van der Waals surface area contributed by atoms with Crippen LogP contribution >= 0.6 is 0 Å². The zero-order valence-corrected chi connectivity index (χ0v) is 20.0. The third kappa shape index (κ3) is 3.51. The van der Waals surface area contributed by atoms with Crippen molar-refractivity contribution in [3.63, 3.8) is 0 Å². The van der Waals surface area contributed by atoms with E-state index >= 15 is 0 Å². The molecule has 12 heteroatoms. The van der Waals surface area contributed by atoms with E-state index < -0.39 is 57.1 Å². The van der Waals surface area contributed by atoms with Crippen molar-refractivity contribution in [3.8, 4) is 0 Å². The van der Waals surface area contributed by atoms with E-state index in [2.05, 4.69) is 25.3 Å². The molecule has 2 heterocycles. The van der Waals surface area contributed by atoms with Crippen molar-refractivity contribution in [1.29, 1.82) is 0 Å². The molecule has 12 nitrogen and oxygen atoms in total. The molecule has 2 N–H and O–H groups in total. The number of nitrogens with zero attached hydrogens (tertiary/aromatic N) is 4. The molecule has 36 heavy (non-hydrogen) atoms. The first kappa shape index (κ1) is 24.1. The van der Waals surface area contributed by atoms with E-state index in [0.29, 0.717) is 18.3 Å². The zero-order chi connectivity index (χ0) is 26.1. The van der Waals surface area contributed by atoms with Crippen molar-refractivity contribution >= 4 is 28.9 Å². The fraction of sp³-hybridized carbons (Fsp3) is 0.500. The number of non-ortho nitro benzene ring substituents is 1. The van der Waals surface area contributed by atoms with Gasteiger partial charge < -0.3 is 10.5 Å². The Morgan fingerprint density at radius 2 is 1.86 bits per heavy atom. The second kappa shape index (κ2) is 8.20. The molecule has 5 aliphatic rings. The van der Waals surface area contributed by atoms with Crippen LogP contribution in [0.2, 0.25) is 0 Å². The number of nitrogens with one attached hydrogen (secondary N) is 1. The number of nitro benzene ring substituents is 2. The predicted molar refractivity (Wildman–Crippen MR) is 127 cm³/mol. The number of fused-ring (bicyclic) bond motifs is 2. The van der Waals surface area contributed by atoms with Gasteiger partial charge in [0.05, 0.1) is 34.0 Å². The van der Waals surface area contributed by atoms with Crippen molar-refractivity contribution in [2.75, 3.05) is 12.5 Å². The van der Waals surface area contributed by atoms with Crippen LogP contribution in [0.5, 0.6) is 0 Å². The summed E-state index contributed by atoms with van der Waals surface area (Å²) in [7, 11) is 1.37. The Hall–Kier alpha value is -3.64. The quantitative estimate of drug-likeness (QED) is 0.260. The van der Waals surface area contributed by atoms with Crippen LogP contribution < -0.4 is 5.43 Å². The van der Waals surface area contributed by atoms with Crippen LogP contribution in [0.15, 0.2) is 42.0 Å². The maximum absolute atomic E-state index is 13.1. The Morgan fingerprint density at radius 1 is 1.14 bits per heavy atom. The molecule has 1 saturated carbocycles. The number of aliphatic hydroxyl groups excluding tert-OH is 1. The summed E-state index contributed by atoms with van der Waals surface area (Å²) in [5.74, 6) is -0.998. The van der Waals surface area contributed by atoms with Crippen molar-refractivity contribution < 1.29 is 24.5 Å². The molecule has 0 radical (unpaired) electrons. The molecular weight excluding hydrogens is 470 g/mol. The van der Waals surface area contributed by atoms with E-state index in [1.54, 1.807) is 12.2 Å². The average molecular weight is 498 g/mol. The molecule has 0 spiro atoms. The third-order valence-corrected chi connectivity index (χ3v) is 8.46. The molecule has 3 aliphatic carbocycles. The van der Waals surface area contributed by atoms with Gasteiger partial charge in [-0.05, 0) is 41.7 Å². The summed E-state index contributed by atoms with van der Waals surface area (Å²) in [5, 5.41) is 35.7. The van der Waals surface area contributed by atoms with Crippen molar-refractivity contribution in [1.82, 2.24) is 9.91 Å². The third-order valence-electron chi connectivity index (χ3n) is 8.46. The number of benzene rings is 1. The number of nitro groups is 2. The first-order chi connectivity index (χ1) is 16.9. The van der Waals surface area contributed by atoms with Gasteiger partial charge in [-0.25, -0.2) is 5.01 Å². The normalized spacial score (nSPS) is 31.4. The lowest BCUT2D eigenvalue weighted by atomic mass is 9.49. The number of likely N-dealkylation sites (tertiary alicyclic amines) is 1. The molecule has 6 rings (SSSR count). The maximum Gasteiger partial charge on any atom is 0.300 e. The molecule has 1 saturated heterocycles. The van der Waals surface area contributed by atoms with Crippen LogP contribution in [0.25, 0.3) is 0 Å². The lowest BCUT2D eigenvalue weighted by molar-refractivity contribution is -0.393. The molecule has 1 aromatic carbocycles. The minimum Gasteiger partial charge on any atom is -0.387 e. The van der Waals surface area contributed by atoms with Gasteiger partial charge in [-0.2, -0.15) is 0 Å². The summed E-state index contributed by atoms with van der Waals surface area (Å²) < 4.78 is 0. The average Bonchev–Trinajstić information content (AvgIpc) is 3.07. The van der Waals surface area contributed by atoms with E-state index in [0.717, 1.165) is 29.0 Å². The Bertz CT molecular complexity index is 1240. The molecule has 0 aromatic heterocycles. The van der Waals surface area contributed by atoms with E-state index in [4.69, 9.17) is 0 Å². The fourth-order valence-electron chi connectivity index (χ4n) is 5.97. The molecular formula is C24H27N5O7. The monoisotopic (exact) mass is 497 g/mol. The number of anilines is 1. The Balaban J connectivity index is 1.53. The SMILES string of the molecule is CN1C(=O)C2C=CC(C(O)C3=C[C@H]4C[C@@H](C3)C4(C)C)N(Nc3ccc([N+](=O)[O-])cc3[N+](=O)[O-])C2C1=O. The first-order valence-electron chi connectivity index (χ1n) is 11.8. The van der Waals surface area contributed by atoms with Crippen molar-refractivity contribution in [2.45, 2.75) is 44.9 Å². The largest absolute Gasteiger partial charge is 0.387 e. The van der Waals surface area contributed by atoms with Crippen LogP contribution in [0.1, 0.15) is 26.7 Å². The standard InChI is InChI=1S/C24H27N5O7/c1-24(2)13-8-12(9-14(24)10-13)21(30)18-7-5-16-20(23(32)26(3)22(16)31)27(18)25-17-6-4-15(28(33)34)11-19(17)29(35)36/h4-8,11,13-14,16,18,20-21,25,30H,9-10H2,1-3H3/t13-,14+,16?,18?,20?,21?/m0/s1. The highest BCUT2D eigenvalue weighted by molar-refractivity contribution is 6.08. The Kier molecular flexibility index (Phi) is 5.49. The van der Waals surface area contributed by atoms with Crippen LogP contribution in [-0.4, -0.2) is 61.9 Å². The smallest absolute Gasteiger partial charge is 0.300 e. The topological polar surface area (TPSA) is 159 Å². The molecule has 2 bridgehead atoms. The van der Waals surface area contributed by atoms with Crippen molar-refractivity contribution in [2.24, 2.45) is 23.2 Å². The van der Waals surface area contributed by atoms with Crippen LogP contribution in [0.3, 0.4) is 0 Å². The highest BCUT2D eigenvalue weighted by atomic mass is 16.6. The number of imide groups is 1. The van der Waals surface area contributed by atoms with E-state index in [9.17, 15) is 34.9 Å². The number of amides is 2. The summed E-state index contributed by atoms with van der Waals surface area (Å²) in [6.45, 7) is 4.41. The summed E-state index contributed by atoms with van der Waals surface area (Å²) in [5.41, 5.74) is 2.76. The highest BCUT2D eigenvalue weighted by Crippen LogP contribution is 2.58. The van der Waals surface area contributed by atoms with Gasteiger partial charge in [-0.3, -0.25) is 34.7 Å². The number of allylic oxidation sites excluding steroid dienone is 1. The number of hydrazine groups is 1. The highest BCUT2D eigenvalue weighted by Gasteiger charge is 2.55. The number of likely N-dealkylation sites (N-methyl/N-ethyl adjacent to an activating group) is 1. The number of aliphatic hydroxyl groups is 1. The van der Waals surface area contributed by atoms with Gasteiger partial charge in [-0.15, -0.1) is 0 Å². The molecule has 190 valence electrons. The minimum atomic E-state index is -1.04. The van der Waals surface area contributed by atoms with Gasteiger partial charge in [-0.1, -0.05) is 32.1 Å². The number of carbonyl (C=O) groups is 2. The lowest BCUT2D eigenvalue weighted by Crippen LogP contribution is -2.58. The van der Waals surface area contributed by atoms with Gasteiger partial charge in [0.15, 0.2) is 0 Å². The number of hydrogen-bond donors (Lipinski definition) is 2. The number of rotatable bonds is 6. The molecule has 2 amide bonds. The molecule has 4 unspecified atom stereocenters. The summed E-state index contributed by atoms with van der Waals surface area (Å²) >= 11 is 0. The second-order valence-corrected chi connectivity index (χ2v) is 10.6. The molecule has 1 aromatic rings. The van der Waals surface area contributed by atoms with E-state index in [-0.39, 0.29) is 11.1 Å². The predicted octanol–water partition coefficient (Wildman–Crippen LogP) is 2.41. The van der Waals surface area contributed by atoms with Crippen LogP contribution in [-0.2, 0) is 9.59 Å². The van der Waals surface area contributed by atoms with Gasteiger partial charge in [0.1, 0.15) is 11.7 Å². The molecule has 2 fully saturated rings. The number of hydrogen-bond acceptors (Lipinski definition) is 9. The molecule has 6 atom stereocenters. The van der Waals surface area contributed by atoms with Crippen molar-refractivity contribution in [3.05, 3.63) is 62.2 Å². The van der Waals surface area contributed by atoms with Gasteiger partial charge in [0.25, 0.3) is 5.69 Å². The fourth-order valence-corrected chi connectivity index (χ4v) is 5.97. The maximum atomic E-state index is 13.1. The minimum absolute atomic E-state index is 0.0896. The lowest BCUT2D eigenvalue weighted by Gasteiger charge is -2.56. The van der Waals surface area contributed by atoms with E-state index in [1.807, 2.05) is 0 Å². The summed E-state index contributed by atoms with van der Waals surface area (Å²) in [6.07, 6.45) is 6.07. The summed E-state index contributed by atoms with van der Waals surface area (Å²) in [6, 6.07) is 1.28. The van der Waals surface area contributed by atoms with Gasteiger partial charge in [0, 0.05) is 13.1 Å². The zero-order valence-electron chi connectivity index (χ0n) is 20.0. The summed E-state index contributed by atoms with van der Waals surface area (Å²) in [4.78, 5) is 48.1. The van der Waals surface area contributed by atoms with Crippen LogP contribution in [0.4, 0.5) is 17.1 Å². The van der Waals surface area contributed by atoms with Crippen LogP contribution in [0, 0.1) is 43.4 Å². The first-order valence-corrected chi connectivity index (χ1v) is 11.8. The van der Waals surface area contributed by atoms with Gasteiger partial charge in [0.2, 0.25) is 11.8 Å². The van der Waals surface area contributed by atoms with Gasteiger partial charge >= 0.3 is 5.69 Å².